The maximum Gasteiger partial charge on any atom is 0.234 e. The van der Waals surface area contributed by atoms with Gasteiger partial charge in [-0.2, -0.15) is 4.98 Å². The summed E-state index contributed by atoms with van der Waals surface area (Å²) in [6.45, 7) is 1.97. The third kappa shape index (κ3) is 3.91. The van der Waals surface area contributed by atoms with Crippen LogP contribution in [0.2, 0.25) is 0 Å². The zero-order chi connectivity index (χ0) is 14.4. The Morgan fingerprint density at radius 1 is 1.30 bits per heavy atom. The van der Waals surface area contributed by atoms with Crippen molar-refractivity contribution in [2.75, 3.05) is 7.11 Å². The van der Waals surface area contributed by atoms with E-state index < -0.39 is 0 Å². The maximum absolute atomic E-state index is 11.5. The lowest BCUT2D eigenvalue weighted by molar-refractivity contribution is -0.118. The standard InChI is InChI=1S/C15H18N2O3/c1-3-4-12(18)10-15-16-14(17-20-15)9-11-5-7-13(19-2)8-6-11/h5-8H,3-4,9-10H2,1-2H3. The number of benzene rings is 1. The summed E-state index contributed by atoms with van der Waals surface area (Å²) < 4.78 is 10.2. The molecule has 0 N–H and O–H groups in total. The predicted molar refractivity (Wildman–Crippen MR) is 73.7 cm³/mol. The van der Waals surface area contributed by atoms with E-state index in [4.69, 9.17) is 9.26 Å². The van der Waals surface area contributed by atoms with Crippen molar-refractivity contribution in [1.82, 2.24) is 10.1 Å². The van der Waals surface area contributed by atoms with Crippen molar-refractivity contribution in [3.05, 3.63) is 41.5 Å². The molecule has 1 aromatic carbocycles. The van der Waals surface area contributed by atoms with Gasteiger partial charge in [-0.25, -0.2) is 0 Å². The quantitative estimate of drug-likeness (QED) is 0.776. The fourth-order valence-corrected chi connectivity index (χ4v) is 1.90. The van der Waals surface area contributed by atoms with E-state index in [1.54, 1.807) is 7.11 Å². The topological polar surface area (TPSA) is 65.2 Å². The summed E-state index contributed by atoms with van der Waals surface area (Å²) >= 11 is 0. The Bertz CT molecular complexity index is 561. The summed E-state index contributed by atoms with van der Waals surface area (Å²) in [4.78, 5) is 15.7. The first-order valence-electron chi connectivity index (χ1n) is 6.67. The summed E-state index contributed by atoms with van der Waals surface area (Å²) in [5, 5.41) is 3.90. The molecule has 0 aliphatic carbocycles. The molecule has 5 nitrogen and oxygen atoms in total. The number of carbonyl (C=O) groups is 1. The molecule has 5 heteroatoms. The molecule has 0 radical (unpaired) electrons. The summed E-state index contributed by atoms with van der Waals surface area (Å²) in [5.74, 6) is 1.93. The largest absolute Gasteiger partial charge is 0.497 e. The van der Waals surface area contributed by atoms with Crippen LogP contribution in [0.25, 0.3) is 0 Å². The van der Waals surface area contributed by atoms with Gasteiger partial charge in [-0.15, -0.1) is 0 Å². The lowest BCUT2D eigenvalue weighted by atomic mass is 10.1. The molecule has 0 aliphatic heterocycles. The van der Waals surface area contributed by atoms with Crippen molar-refractivity contribution in [1.29, 1.82) is 0 Å². The van der Waals surface area contributed by atoms with Crippen LogP contribution in [0.1, 0.15) is 37.0 Å². The molecule has 20 heavy (non-hydrogen) atoms. The van der Waals surface area contributed by atoms with Gasteiger partial charge in [0.2, 0.25) is 5.89 Å². The van der Waals surface area contributed by atoms with Gasteiger partial charge in [0.05, 0.1) is 13.5 Å². The fraction of sp³-hybridized carbons (Fsp3) is 0.400. The second-order valence-corrected chi connectivity index (χ2v) is 4.59. The maximum atomic E-state index is 11.5. The van der Waals surface area contributed by atoms with Crippen molar-refractivity contribution in [3.8, 4) is 5.75 Å². The molecule has 106 valence electrons. The molecule has 0 fully saturated rings. The number of hydrogen-bond donors (Lipinski definition) is 0. The Hall–Kier alpha value is -2.17. The number of hydrogen-bond acceptors (Lipinski definition) is 5. The Labute approximate surface area is 118 Å². The molecule has 0 amide bonds. The first kappa shape index (κ1) is 14.2. The minimum absolute atomic E-state index is 0.132. The molecular formula is C15H18N2O3. The molecular weight excluding hydrogens is 256 g/mol. The summed E-state index contributed by atoms with van der Waals surface area (Å²) in [6, 6.07) is 7.69. The van der Waals surface area contributed by atoms with Gasteiger partial charge in [-0.1, -0.05) is 24.2 Å². The van der Waals surface area contributed by atoms with Gasteiger partial charge in [0.25, 0.3) is 0 Å². The highest BCUT2D eigenvalue weighted by Crippen LogP contribution is 2.14. The third-order valence-electron chi connectivity index (χ3n) is 2.91. The zero-order valence-corrected chi connectivity index (χ0v) is 11.8. The van der Waals surface area contributed by atoms with Gasteiger partial charge in [-0.05, 0) is 24.1 Å². The Balaban J connectivity index is 1.96. The van der Waals surface area contributed by atoms with Gasteiger partial charge in [0.15, 0.2) is 5.82 Å². The fourth-order valence-electron chi connectivity index (χ4n) is 1.90. The highest BCUT2D eigenvalue weighted by atomic mass is 16.5. The van der Waals surface area contributed by atoms with E-state index in [9.17, 15) is 4.79 Å². The SMILES string of the molecule is CCCC(=O)Cc1nc(Cc2ccc(OC)cc2)no1. The average Bonchev–Trinajstić information content (AvgIpc) is 2.87. The van der Waals surface area contributed by atoms with E-state index in [1.807, 2.05) is 31.2 Å². The molecule has 0 spiro atoms. The molecule has 1 heterocycles. The van der Waals surface area contributed by atoms with Crippen LogP contribution in [0.5, 0.6) is 5.75 Å². The molecule has 2 aromatic rings. The normalized spacial score (nSPS) is 10.5. The van der Waals surface area contributed by atoms with E-state index in [0.717, 1.165) is 17.7 Å². The number of rotatable bonds is 7. The van der Waals surface area contributed by atoms with Crippen LogP contribution in [0.15, 0.2) is 28.8 Å². The lowest BCUT2D eigenvalue weighted by Crippen LogP contribution is -2.02. The minimum atomic E-state index is 0.132. The van der Waals surface area contributed by atoms with Crippen LogP contribution in [0, 0.1) is 0 Å². The van der Waals surface area contributed by atoms with Crippen LogP contribution in [-0.4, -0.2) is 23.0 Å². The average molecular weight is 274 g/mol. The molecule has 0 aliphatic rings. The number of aromatic nitrogens is 2. The smallest absolute Gasteiger partial charge is 0.234 e. The van der Waals surface area contributed by atoms with E-state index in [1.165, 1.54) is 0 Å². The Morgan fingerprint density at radius 3 is 2.70 bits per heavy atom. The van der Waals surface area contributed by atoms with E-state index in [2.05, 4.69) is 10.1 Å². The van der Waals surface area contributed by atoms with Gasteiger partial charge in [0.1, 0.15) is 11.5 Å². The first-order chi connectivity index (χ1) is 9.71. The van der Waals surface area contributed by atoms with Crippen LogP contribution >= 0.6 is 0 Å². The van der Waals surface area contributed by atoms with Crippen molar-refractivity contribution in [2.45, 2.75) is 32.6 Å². The van der Waals surface area contributed by atoms with Crippen molar-refractivity contribution >= 4 is 5.78 Å². The lowest BCUT2D eigenvalue weighted by Gasteiger charge is -2.00. The number of methoxy groups -OCH3 is 1. The molecule has 1 aromatic heterocycles. The second kappa shape index (κ2) is 6.84. The molecule has 0 atom stereocenters. The number of carbonyl (C=O) groups excluding carboxylic acids is 1. The number of Topliss-reactive ketones (excluding diaryl/α,β-unsaturated/α-hetero) is 1. The number of ether oxygens (including phenoxy) is 1. The van der Waals surface area contributed by atoms with Crippen LogP contribution < -0.4 is 4.74 Å². The van der Waals surface area contributed by atoms with Gasteiger partial charge >= 0.3 is 0 Å². The third-order valence-corrected chi connectivity index (χ3v) is 2.91. The second-order valence-electron chi connectivity index (χ2n) is 4.59. The summed E-state index contributed by atoms with van der Waals surface area (Å²) in [6.07, 6.45) is 2.20. The van der Waals surface area contributed by atoms with Crippen LogP contribution in [0.4, 0.5) is 0 Å². The Kier molecular flexibility index (Phi) is 4.87. The van der Waals surface area contributed by atoms with Crippen LogP contribution in [0.3, 0.4) is 0 Å². The Morgan fingerprint density at radius 2 is 2.05 bits per heavy atom. The molecule has 0 bridgehead atoms. The van der Waals surface area contributed by atoms with E-state index in [-0.39, 0.29) is 12.2 Å². The molecule has 2 rings (SSSR count). The highest BCUT2D eigenvalue weighted by molar-refractivity contribution is 5.79. The van der Waals surface area contributed by atoms with Gasteiger partial charge in [0, 0.05) is 12.8 Å². The van der Waals surface area contributed by atoms with Gasteiger partial charge in [-0.3, -0.25) is 4.79 Å². The highest BCUT2D eigenvalue weighted by Gasteiger charge is 2.11. The molecule has 0 saturated carbocycles. The summed E-state index contributed by atoms with van der Waals surface area (Å²) in [7, 11) is 1.63. The molecule has 0 unspecified atom stereocenters. The van der Waals surface area contributed by atoms with E-state index >= 15 is 0 Å². The van der Waals surface area contributed by atoms with Crippen molar-refractivity contribution in [3.63, 3.8) is 0 Å². The first-order valence-corrected chi connectivity index (χ1v) is 6.67. The van der Waals surface area contributed by atoms with E-state index in [0.29, 0.717) is 24.6 Å². The van der Waals surface area contributed by atoms with Crippen molar-refractivity contribution < 1.29 is 14.1 Å². The summed E-state index contributed by atoms with van der Waals surface area (Å²) in [5.41, 5.74) is 1.07. The number of nitrogens with zero attached hydrogens (tertiary/aromatic N) is 2. The number of ketones is 1. The zero-order valence-electron chi connectivity index (χ0n) is 11.8. The molecule has 0 saturated heterocycles. The predicted octanol–water partition coefficient (Wildman–Crippen LogP) is 2.58. The monoisotopic (exact) mass is 274 g/mol. The van der Waals surface area contributed by atoms with Gasteiger partial charge < -0.3 is 9.26 Å². The van der Waals surface area contributed by atoms with Crippen LogP contribution in [-0.2, 0) is 17.6 Å². The minimum Gasteiger partial charge on any atom is -0.497 e. The van der Waals surface area contributed by atoms with Crippen molar-refractivity contribution in [2.24, 2.45) is 0 Å².